The number of aryl methyl sites for hydroxylation is 1. The zero-order valence-electron chi connectivity index (χ0n) is 11.7. The molecule has 6 heteroatoms. The Hall–Kier alpha value is -1.66. The van der Waals surface area contributed by atoms with Gasteiger partial charge in [0.05, 0.1) is 4.92 Å². The lowest BCUT2D eigenvalue weighted by atomic mass is 10.1. The van der Waals surface area contributed by atoms with Crippen LogP contribution in [0.15, 0.2) is 18.2 Å². The molecule has 108 valence electrons. The van der Waals surface area contributed by atoms with Crippen LogP contribution in [-0.2, 0) is 0 Å². The first-order valence-corrected chi connectivity index (χ1v) is 7.09. The minimum absolute atomic E-state index is 0.168. The largest absolute Gasteiger partial charge is 0.378 e. The average molecular weight is 276 g/mol. The summed E-state index contributed by atoms with van der Waals surface area (Å²) in [4.78, 5) is 15.7. The molecule has 3 aliphatic heterocycles. The maximum Gasteiger partial charge on any atom is 0.292 e. The smallest absolute Gasteiger partial charge is 0.292 e. The molecule has 3 heterocycles. The number of benzene rings is 1. The van der Waals surface area contributed by atoms with Crippen LogP contribution in [0.5, 0.6) is 0 Å². The molecule has 0 amide bonds. The van der Waals surface area contributed by atoms with Crippen LogP contribution in [0.4, 0.5) is 11.4 Å². The predicted molar refractivity (Wildman–Crippen MR) is 78.1 cm³/mol. The molecule has 1 aromatic carbocycles. The summed E-state index contributed by atoms with van der Waals surface area (Å²) >= 11 is 0. The standard InChI is InChI=1S/C14H20N4O2/c1-11-3-2-4-13(18(19)20)14(11)15-9-12-10-16-5-7-17(12)8-6-16/h2-4,12,15H,5-10H2,1H3. The number of rotatable bonds is 4. The van der Waals surface area contributed by atoms with E-state index in [1.807, 2.05) is 13.0 Å². The van der Waals surface area contributed by atoms with Gasteiger partial charge in [0.15, 0.2) is 0 Å². The van der Waals surface area contributed by atoms with Gasteiger partial charge in [-0.1, -0.05) is 12.1 Å². The molecule has 20 heavy (non-hydrogen) atoms. The Bertz CT molecular complexity index is 512. The normalized spacial score (nSPS) is 28.4. The van der Waals surface area contributed by atoms with Crippen LogP contribution in [0.25, 0.3) is 0 Å². The molecule has 0 aliphatic carbocycles. The summed E-state index contributed by atoms with van der Waals surface area (Å²) in [6.07, 6.45) is 0. The van der Waals surface area contributed by atoms with Crippen LogP contribution in [-0.4, -0.2) is 60.0 Å². The number of nitrogens with one attached hydrogen (secondary N) is 1. The molecule has 0 aromatic heterocycles. The number of piperazine rings is 3. The van der Waals surface area contributed by atoms with Crippen molar-refractivity contribution >= 4 is 11.4 Å². The van der Waals surface area contributed by atoms with Crippen molar-refractivity contribution in [1.82, 2.24) is 9.80 Å². The SMILES string of the molecule is Cc1cccc([N+](=O)[O-])c1NCC1CN2CCN1CC2. The summed E-state index contributed by atoms with van der Waals surface area (Å²) in [5, 5.41) is 14.4. The molecule has 3 aliphatic rings. The molecule has 0 saturated carbocycles. The average Bonchev–Trinajstić information content (AvgIpc) is 2.47. The molecule has 2 bridgehead atoms. The summed E-state index contributed by atoms with van der Waals surface area (Å²) in [7, 11) is 0. The lowest BCUT2D eigenvalue weighted by Crippen LogP contribution is -2.62. The number of nitro benzene ring substituents is 1. The summed E-state index contributed by atoms with van der Waals surface area (Å²) in [5.74, 6) is 0. The van der Waals surface area contributed by atoms with Gasteiger partial charge in [0.25, 0.3) is 5.69 Å². The number of fused-ring (bicyclic) bond motifs is 3. The van der Waals surface area contributed by atoms with Crippen molar-refractivity contribution in [2.75, 3.05) is 44.6 Å². The topological polar surface area (TPSA) is 61.7 Å². The summed E-state index contributed by atoms with van der Waals surface area (Å²) in [5.41, 5.74) is 1.76. The van der Waals surface area contributed by atoms with Gasteiger partial charge in [-0.05, 0) is 12.5 Å². The maximum absolute atomic E-state index is 11.1. The lowest BCUT2D eigenvalue weighted by Gasteiger charge is -2.47. The van der Waals surface area contributed by atoms with Crippen molar-refractivity contribution in [3.63, 3.8) is 0 Å². The Labute approximate surface area is 118 Å². The molecule has 1 atom stereocenters. The lowest BCUT2D eigenvalue weighted by molar-refractivity contribution is -0.384. The van der Waals surface area contributed by atoms with E-state index in [2.05, 4.69) is 15.1 Å². The van der Waals surface area contributed by atoms with Crippen LogP contribution in [0.2, 0.25) is 0 Å². The highest BCUT2D eigenvalue weighted by Crippen LogP contribution is 2.28. The molecule has 1 N–H and O–H groups in total. The first-order chi connectivity index (χ1) is 9.65. The number of hydrogen-bond acceptors (Lipinski definition) is 5. The highest BCUT2D eigenvalue weighted by atomic mass is 16.6. The van der Waals surface area contributed by atoms with E-state index < -0.39 is 0 Å². The van der Waals surface area contributed by atoms with Gasteiger partial charge >= 0.3 is 0 Å². The van der Waals surface area contributed by atoms with E-state index in [0.29, 0.717) is 11.7 Å². The molecular weight excluding hydrogens is 256 g/mol. The predicted octanol–water partition coefficient (Wildman–Crippen LogP) is 1.31. The first kappa shape index (κ1) is 13.3. The monoisotopic (exact) mass is 276 g/mol. The highest BCUT2D eigenvalue weighted by Gasteiger charge is 2.31. The van der Waals surface area contributed by atoms with Gasteiger partial charge in [-0.15, -0.1) is 0 Å². The minimum Gasteiger partial charge on any atom is -0.378 e. The van der Waals surface area contributed by atoms with Crippen LogP contribution in [0, 0.1) is 17.0 Å². The van der Waals surface area contributed by atoms with Crippen molar-refractivity contribution in [3.8, 4) is 0 Å². The zero-order chi connectivity index (χ0) is 14.1. The van der Waals surface area contributed by atoms with Gasteiger partial charge < -0.3 is 5.32 Å². The molecule has 4 rings (SSSR count). The van der Waals surface area contributed by atoms with Crippen LogP contribution < -0.4 is 5.32 Å². The molecule has 6 nitrogen and oxygen atoms in total. The van der Waals surface area contributed by atoms with Gasteiger partial charge in [0.2, 0.25) is 0 Å². The molecule has 1 unspecified atom stereocenters. The van der Waals surface area contributed by atoms with Crippen molar-refractivity contribution < 1.29 is 4.92 Å². The van der Waals surface area contributed by atoms with E-state index >= 15 is 0 Å². The Morgan fingerprint density at radius 2 is 2.10 bits per heavy atom. The maximum atomic E-state index is 11.1. The van der Waals surface area contributed by atoms with Crippen LogP contribution in [0.1, 0.15) is 5.56 Å². The molecule has 1 aromatic rings. The quantitative estimate of drug-likeness (QED) is 0.664. The van der Waals surface area contributed by atoms with Gasteiger partial charge in [0.1, 0.15) is 5.69 Å². The Morgan fingerprint density at radius 1 is 1.35 bits per heavy atom. The Morgan fingerprint density at radius 3 is 2.70 bits per heavy atom. The molecule has 0 radical (unpaired) electrons. The van der Waals surface area contributed by atoms with Crippen LogP contribution >= 0.6 is 0 Å². The number of para-hydroxylation sites is 1. The summed E-state index contributed by atoms with van der Waals surface area (Å²) in [6.45, 7) is 8.27. The van der Waals surface area contributed by atoms with Gasteiger partial charge in [-0.3, -0.25) is 19.9 Å². The third kappa shape index (κ3) is 2.48. The fraction of sp³-hybridized carbons (Fsp3) is 0.571. The summed E-state index contributed by atoms with van der Waals surface area (Å²) < 4.78 is 0. The van der Waals surface area contributed by atoms with Crippen molar-refractivity contribution in [2.45, 2.75) is 13.0 Å². The van der Waals surface area contributed by atoms with Gasteiger partial charge in [0, 0.05) is 51.4 Å². The third-order valence-electron chi connectivity index (χ3n) is 4.35. The van der Waals surface area contributed by atoms with Crippen LogP contribution in [0.3, 0.4) is 0 Å². The second-order valence-corrected chi connectivity index (χ2v) is 5.60. The van der Waals surface area contributed by atoms with E-state index in [1.54, 1.807) is 12.1 Å². The number of anilines is 1. The fourth-order valence-electron chi connectivity index (χ4n) is 3.17. The molecule has 0 spiro atoms. The fourth-order valence-corrected chi connectivity index (χ4v) is 3.17. The van der Waals surface area contributed by atoms with Gasteiger partial charge in [-0.25, -0.2) is 0 Å². The van der Waals surface area contributed by atoms with Crippen molar-refractivity contribution in [2.24, 2.45) is 0 Å². The van der Waals surface area contributed by atoms with E-state index in [9.17, 15) is 10.1 Å². The van der Waals surface area contributed by atoms with E-state index in [1.165, 1.54) is 0 Å². The van der Waals surface area contributed by atoms with Crippen molar-refractivity contribution in [1.29, 1.82) is 0 Å². The first-order valence-electron chi connectivity index (χ1n) is 7.09. The van der Waals surface area contributed by atoms with E-state index in [4.69, 9.17) is 0 Å². The van der Waals surface area contributed by atoms with E-state index in [-0.39, 0.29) is 10.6 Å². The number of nitrogens with zero attached hydrogens (tertiary/aromatic N) is 3. The Kier molecular flexibility index (Phi) is 3.58. The molecule has 3 fully saturated rings. The zero-order valence-corrected chi connectivity index (χ0v) is 11.7. The summed E-state index contributed by atoms with van der Waals surface area (Å²) in [6, 6.07) is 5.66. The second kappa shape index (κ2) is 5.38. The highest BCUT2D eigenvalue weighted by molar-refractivity contribution is 5.66. The molecular formula is C14H20N4O2. The minimum atomic E-state index is -0.313. The van der Waals surface area contributed by atoms with E-state index in [0.717, 1.165) is 44.8 Å². The third-order valence-corrected chi connectivity index (χ3v) is 4.35. The number of hydrogen-bond donors (Lipinski definition) is 1. The molecule has 3 saturated heterocycles. The Balaban J connectivity index is 1.71. The number of nitro groups is 1. The second-order valence-electron chi connectivity index (χ2n) is 5.60. The van der Waals surface area contributed by atoms with Crippen molar-refractivity contribution in [3.05, 3.63) is 33.9 Å². The van der Waals surface area contributed by atoms with Gasteiger partial charge in [-0.2, -0.15) is 0 Å².